The van der Waals surface area contributed by atoms with Crippen LogP contribution in [0.2, 0.25) is 0 Å². The van der Waals surface area contributed by atoms with Gasteiger partial charge < -0.3 is 14.2 Å². The molecule has 0 N–H and O–H groups in total. The molecule has 1 saturated heterocycles. The summed E-state index contributed by atoms with van der Waals surface area (Å²) in [7, 11) is 0. The number of amides is 2. The highest BCUT2D eigenvalue weighted by Crippen LogP contribution is 2.36. The first-order valence-electron chi connectivity index (χ1n) is 10.4. The molecule has 0 unspecified atom stereocenters. The van der Waals surface area contributed by atoms with Gasteiger partial charge in [0.1, 0.15) is 18.5 Å². The largest absolute Gasteiger partial charge is 0.490 e. The van der Waals surface area contributed by atoms with Crippen LogP contribution in [0.5, 0.6) is 11.5 Å². The topological polar surface area (TPSA) is 82.1 Å². The molecule has 1 heterocycles. The smallest absolute Gasteiger partial charge is 0.329 e. The zero-order valence-electron chi connectivity index (χ0n) is 18.5. The summed E-state index contributed by atoms with van der Waals surface area (Å²) in [6.45, 7) is 5.46. The first kappa shape index (κ1) is 24.3. The average Bonchev–Trinajstić information content (AvgIpc) is 3.06. The van der Waals surface area contributed by atoms with Crippen LogP contribution in [0.15, 0.2) is 47.4 Å². The predicted octanol–water partition coefficient (Wildman–Crippen LogP) is 4.79. The summed E-state index contributed by atoms with van der Waals surface area (Å²) in [6.07, 6.45) is 1.55. The van der Waals surface area contributed by atoms with E-state index < -0.39 is 23.2 Å². The van der Waals surface area contributed by atoms with Gasteiger partial charge in [0, 0.05) is 5.56 Å². The molecule has 2 amide bonds. The second-order valence-electron chi connectivity index (χ2n) is 7.00. The molecule has 1 aliphatic heterocycles. The Hall–Kier alpha value is -3.33. The molecule has 2 aromatic rings. The van der Waals surface area contributed by atoms with Crippen molar-refractivity contribution in [1.82, 2.24) is 4.90 Å². The lowest BCUT2D eigenvalue weighted by Gasteiger charge is -2.19. The van der Waals surface area contributed by atoms with Crippen molar-refractivity contribution in [1.29, 1.82) is 0 Å². The molecular formula is C24H24FNO6S. The molecule has 0 radical (unpaired) electrons. The van der Waals surface area contributed by atoms with Crippen LogP contribution in [0.25, 0.3) is 6.08 Å². The second kappa shape index (κ2) is 11.0. The Bertz CT molecular complexity index is 1090. The third-order valence-electron chi connectivity index (χ3n) is 4.74. The number of esters is 1. The summed E-state index contributed by atoms with van der Waals surface area (Å²) in [4.78, 5) is 38.2. The molecule has 0 spiro atoms. The highest BCUT2D eigenvalue weighted by molar-refractivity contribution is 8.18. The summed E-state index contributed by atoms with van der Waals surface area (Å²) in [6, 6.07) is 10.3. The number of benzene rings is 2. The van der Waals surface area contributed by atoms with E-state index in [0.29, 0.717) is 29.2 Å². The Kier molecular flexibility index (Phi) is 8.11. The number of hydrogen-bond donors (Lipinski definition) is 0. The second-order valence-corrected chi connectivity index (χ2v) is 7.99. The van der Waals surface area contributed by atoms with Crippen LogP contribution in [0.3, 0.4) is 0 Å². The molecular weight excluding hydrogens is 449 g/mol. The fourth-order valence-electron chi connectivity index (χ4n) is 3.11. The van der Waals surface area contributed by atoms with Crippen LogP contribution in [0.1, 0.15) is 31.9 Å². The van der Waals surface area contributed by atoms with E-state index in [1.165, 1.54) is 13.0 Å². The molecule has 1 atom stereocenters. The van der Waals surface area contributed by atoms with Gasteiger partial charge in [-0.1, -0.05) is 24.3 Å². The van der Waals surface area contributed by atoms with Crippen LogP contribution in [-0.4, -0.2) is 41.3 Å². The lowest BCUT2D eigenvalue weighted by atomic mass is 10.1. The minimum Gasteiger partial charge on any atom is -0.490 e. The zero-order chi connectivity index (χ0) is 24.0. The minimum absolute atomic E-state index is 0.0245. The molecule has 9 heteroatoms. The van der Waals surface area contributed by atoms with Gasteiger partial charge in [-0.2, -0.15) is 0 Å². The molecule has 0 bridgehead atoms. The van der Waals surface area contributed by atoms with Crippen molar-refractivity contribution in [2.75, 3.05) is 13.2 Å². The number of carbonyl (C=O) groups excluding carboxylic acids is 3. The molecule has 2 aromatic carbocycles. The van der Waals surface area contributed by atoms with Crippen molar-refractivity contribution in [2.45, 2.75) is 33.4 Å². The normalized spacial score (nSPS) is 15.6. The fraction of sp³-hybridized carbons (Fsp3) is 0.292. The van der Waals surface area contributed by atoms with E-state index in [2.05, 4.69) is 0 Å². The molecule has 1 aliphatic rings. The lowest BCUT2D eigenvalue weighted by molar-refractivity contribution is -0.150. The van der Waals surface area contributed by atoms with E-state index in [0.717, 1.165) is 16.7 Å². The predicted molar refractivity (Wildman–Crippen MR) is 122 cm³/mol. The Morgan fingerprint density at radius 3 is 2.55 bits per heavy atom. The van der Waals surface area contributed by atoms with Gasteiger partial charge in [0.25, 0.3) is 11.1 Å². The van der Waals surface area contributed by atoms with Crippen molar-refractivity contribution >= 4 is 35.0 Å². The van der Waals surface area contributed by atoms with E-state index in [-0.39, 0.29) is 23.9 Å². The summed E-state index contributed by atoms with van der Waals surface area (Å²) in [5.41, 5.74) is 1.01. The number of ether oxygens (including phenoxy) is 3. The van der Waals surface area contributed by atoms with E-state index >= 15 is 0 Å². The number of halogens is 1. The molecule has 174 valence electrons. The standard InChI is InChI=1S/C24H24FNO6S/c1-4-30-20-12-16(10-11-19(20)32-14-17-8-6-7-9-18(17)25)13-21-22(27)26(24(29)33-21)15(3)23(28)31-5-2/h6-13,15H,4-5,14H2,1-3H3/b21-13+/t15-/m1/s1. The van der Waals surface area contributed by atoms with Gasteiger partial charge in [0.2, 0.25) is 0 Å². The summed E-state index contributed by atoms with van der Waals surface area (Å²) < 4.78 is 30.2. The Balaban J connectivity index is 1.80. The third kappa shape index (κ3) is 5.73. The number of imide groups is 1. The Morgan fingerprint density at radius 1 is 1.09 bits per heavy atom. The first-order valence-corrected chi connectivity index (χ1v) is 11.2. The molecule has 3 rings (SSSR count). The van der Waals surface area contributed by atoms with Gasteiger partial charge in [-0.15, -0.1) is 0 Å². The monoisotopic (exact) mass is 473 g/mol. The highest BCUT2D eigenvalue weighted by atomic mass is 32.2. The average molecular weight is 474 g/mol. The summed E-state index contributed by atoms with van der Waals surface area (Å²) >= 11 is 0.750. The van der Waals surface area contributed by atoms with Gasteiger partial charge in [-0.3, -0.25) is 14.5 Å². The van der Waals surface area contributed by atoms with Crippen molar-refractivity contribution in [3.8, 4) is 11.5 Å². The van der Waals surface area contributed by atoms with Gasteiger partial charge >= 0.3 is 5.97 Å². The van der Waals surface area contributed by atoms with Gasteiger partial charge in [0.05, 0.1) is 18.1 Å². The first-order chi connectivity index (χ1) is 15.8. The molecule has 7 nitrogen and oxygen atoms in total. The molecule has 1 fully saturated rings. The summed E-state index contributed by atoms with van der Waals surface area (Å²) in [5.74, 6) is -0.734. The number of thioether (sulfide) groups is 1. The lowest BCUT2D eigenvalue weighted by Crippen LogP contribution is -2.42. The van der Waals surface area contributed by atoms with Gasteiger partial charge in [-0.05, 0) is 62.4 Å². The van der Waals surface area contributed by atoms with E-state index in [9.17, 15) is 18.8 Å². The van der Waals surface area contributed by atoms with E-state index in [1.54, 1.807) is 49.4 Å². The van der Waals surface area contributed by atoms with Crippen LogP contribution >= 0.6 is 11.8 Å². The van der Waals surface area contributed by atoms with Crippen LogP contribution in [0, 0.1) is 5.82 Å². The van der Waals surface area contributed by atoms with Crippen molar-refractivity contribution < 1.29 is 33.0 Å². The van der Waals surface area contributed by atoms with Crippen LogP contribution in [-0.2, 0) is 20.9 Å². The number of hydrogen-bond acceptors (Lipinski definition) is 7. The molecule has 0 aromatic heterocycles. The summed E-state index contributed by atoms with van der Waals surface area (Å²) in [5, 5.41) is -0.540. The van der Waals surface area contributed by atoms with Gasteiger partial charge in [-0.25, -0.2) is 9.18 Å². The van der Waals surface area contributed by atoms with Gasteiger partial charge in [0.15, 0.2) is 11.5 Å². The number of carbonyl (C=O) groups is 3. The maximum atomic E-state index is 13.9. The van der Waals surface area contributed by atoms with Crippen molar-refractivity contribution in [2.24, 2.45) is 0 Å². The number of nitrogens with zero attached hydrogens (tertiary/aromatic N) is 1. The minimum atomic E-state index is -1.02. The maximum absolute atomic E-state index is 13.9. The van der Waals surface area contributed by atoms with Crippen molar-refractivity contribution in [3.63, 3.8) is 0 Å². The van der Waals surface area contributed by atoms with E-state index in [1.807, 2.05) is 6.92 Å². The molecule has 0 aliphatic carbocycles. The maximum Gasteiger partial charge on any atom is 0.329 e. The molecule has 33 heavy (non-hydrogen) atoms. The van der Waals surface area contributed by atoms with Crippen LogP contribution in [0.4, 0.5) is 9.18 Å². The fourth-order valence-corrected chi connectivity index (χ4v) is 4.01. The highest BCUT2D eigenvalue weighted by Gasteiger charge is 2.41. The SMILES string of the molecule is CCOC(=O)[C@@H](C)N1C(=O)S/C(=C/c2ccc(OCc3ccccc3F)c(OCC)c2)C1=O. The Morgan fingerprint density at radius 2 is 1.85 bits per heavy atom. The Labute approximate surface area is 195 Å². The van der Waals surface area contributed by atoms with Crippen molar-refractivity contribution in [3.05, 3.63) is 64.3 Å². The number of rotatable bonds is 9. The quantitative estimate of drug-likeness (QED) is 0.382. The van der Waals surface area contributed by atoms with Crippen LogP contribution < -0.4 is 9.47 Å². The zero-order valence-corrected chi connectivity index (χ0v) is 19.3. The van der Waals surface area contributed by atoms with E-state index in [4.69, 9.17) is 14.2 Å². The third-order valence-corrected chi connectivity index (χ3v) is 5.63. The molecule has 0 saturated carbocycles.